The lowest BCUT2D eigenvalue weighted by molar-refractivity contribution is 0.283. The molecule has 150 valence electrons. The third kappa shape index (κ3) is 4.18. The second-order valence-corrected chi connectivity index (χ2v) is 9.14. The van der Waals surface area contributed by atoms with E-state index in [1.807, 2.05) is 23.1 Å². The molecule has 1 aliphatic rings. The van der Waals surface area contributed by atoms with E-state index >= 15 is 0 Å². The number of sulfone groups is 1. The summed E-state index contributed by atoms with van der Waals surface area (Å²) in [6.45, 7) is 12.0. The molecule has 0 atom stereocenters. The van der Waals surface area contributed by atoms with Gasteiger partial charge in [-0.25, -0.2) is 13.4 Å². The summed E-state index contributed by atoms with van der Waals surface area (Å²) in [6.07, 6.45) is 3.21. The summed E-state index contributed by atoms with van der Waals surface area (Å²) < 4.78 is 25.9. The van der Waals surface area contributed by atoms with Crippen LogP contribution in [0.25, 0.3) is 0 Å². The highest BCUT2D eigenvalue weighted by atomic mass is 32.2. The van der Waals surface area contributed by atoms with Crippen LogP contribution < -0.4 is 10.6 Å². The number of nitrogen functional groups attached to an aromatic ring is 1. The molecule has 0 unspecified atom stereocenters. The van der Waals surface area contributed by atoms with Crippen LogP contribution in [0.15, 0.2) is 52.9 Å². The first-order valence-corrected chi connectivity index (χ1v) is 10.9. The number of aromatic nitrogens is 2. The van der Waals surface area contributed by atoms with Gasteiger partial charge in [-0.15, -0.1) is 6.58 Å². The first-order chi connectivity index (χ1) is 13.3. The minimum absolute atomic E-state index is 0.0218. The molecule has 7 nitrogen and oxygen atoms in total. The van der Waals surface area contributed by atoms with E-state index in [0.29, 0.717) is 11.9 Å². The fourth-order valence-electron chi connectivity index (χ4n) is 3.21. The van der Waals surface area contributed by atoms with E-state index in [4.69, 9.17) is 5.73 Å². The quantitative estimate of drug-likeness (QED) is 0.743. The summed E-state index contributed by atoms with van der Waals surface area (Å²) in [5.74, 6) is 0.771. The van der Waals surface area contributed by atoms with Gasteiger partial charge in [0.2, 0.25) is 15.8 Å². The number of nitrogens with zero attached hydrogens (tertiary/aromatic N) is 4. The van der Waals surface area contributed by atoms with E-state index in [1.54, 1.807) is 12.1 Å². The lowest BCUT2D eigenvalue weighted by atomic mass is 10.0. The molecule has 0 spiro atoms. The van der Waals surface area contributed by atoms with E-state index in [0.717, 1.165) is 38.3 Å². The van der Waals surface area contributed by atoms with Crippen LogP contribution >= 0.6 is 0 Å². The van der Waals surface area contributed by atoms with Gasteiger partial charge < -0.3 is 10.6 Å². The van der Waals surface area contributed by atoms with Crippen molar-refractivity contribution in [1.82, 2.24) is 14.9 Å². The van der Waals surface area contributed by atoms with Crippen molar-refractivity contribution in [2.24, 2.45) is 0 Å². The summed E-state index contributed by atoms with van der Waals surface area (Å²) in [7, 11) is -3.76. The first kappa shape index (κ1) is 20.3. The van der Waals surface area contributed by atoms with Gasteiger partial charge in [0.15, 0.2) is 0 Å². The monoisotopic (exact) mass is 401 g/mol. The normalized spacial score (nSPS) is 15.8. The molecule has 0 saturated carbocycles. The maximum absolute atomic E-state index is 12.9. The molecular weight excluding hydrogens is 374 g/mol. The molecule has 3 rings (SSSR count). The van der Waals surface area contributed by atoms with Gasteiger partial charge in [0.1, 0.15) is 10.7 Å². The molecule has 8 heteroatoms. The average Bonchev–Trinajstić information content (AvgIpc) is 2.68. The Morgan fingerprint density at radius 2 is 1.82 bits per heavy atom. The first-order valence-electron chi connectivity index (χ1n) is 9.38. The Kier molecular flexibility index (Phi) is 6.00. The Labute approximate surface area is 166 Å². The maximum atomic E-state index is 12.9. The van der Waals surface area contributed by atoms with Crippen molar-refractivity contribution >= 4 is 21.6 Å². The molecule has 28 heavy (non-hydrogen) atoms. The predicted octanol–water partition coefficient (Wildman–Crippen LogP) is 2.32. The fraction of sp³-hybridized carbons (Fsp3) is 0.400. The Balaban J connectivity index is 1.81. The summed E-state index contributed by atoms with van der Waals surface area (Å²) in [6, 6.07) is 6.87. The van der Waals surface area contributed by atoms with Crippen molar-refractivity contribution in [1.29, 1.82) is 0 Å². The Hall–Kier alpha value is -2.45. The van der Waals surface area contributed by atoms with Crippen LogP contribution in [0.3, 0.4) is 0 Å². The van der Waals surface area contributed by atoms with Crippen molar-refractivity contribution in [2.75, 3.05) is 43.4 Å². The molecule has 2 N–H and O–H groups in total. The predicted molar refractivity (Wildman–Crippen MR) is 111 cm³/mol. The van der Waals surface area contributed by atoms with Gasteiger partial charge in [0, 0.05) is 32.7 Å². The molecule has 2 aromatic rings. The SMILES string of the molecule is C=CCN1CCN(c2ncc(S(=O)(=O)c3ccc(C(C)C)cc3)c(N)n2)CC1. The van der Waals surface area contributed by atoms with E-state index in [1.165, 1.54) is 6.20 Å². The molecule has 0 amide bonds. The lowest BCUT2D eigenvalue weighted by Gasteiger charge is -2.34. The van der Waals surface area contributed by atoms with Gasteiger partial charge in [-0.05, 0) is 23.6 Å². The summed E-state index contributed by atoms with van der Waals surface area (Å²) >= 11 is 0. The van der Waals surface area contributed by atoms with Crippen molar-refractivity contribution < 1.29 is 8.42 Å². The second-order valence-electron chi connectivity index (χ2n) is 7.22. The Morgan fingerprint density at radius 3 is 2.36 bits per heavy atom. The highest BCUT2D eigenvalue weighted by Crippen LogP contribution is 2.27. The topological polar surface area (TPSA) is 92.4 Å². The molecule has 1 saturated heterocycles. The number of nitrogens with two attached hydrogens (primary N) is 1. The number of anilines is 2. The Bertz CT molecular complexity index is 934. The number of piperazine rings is 1. The highest BCUT2D eigenvalue weighted by Gasteiger charge is 2.25. The van der Waals surface area contributed by atoms with Gasteiger partial charge in [0.05, 0.1) is 11.1 Å². The van der Waals surface area contributed by atoms with Crippen LogP contribution in [0.2, 0.25) is 0 Å². The molecule has 1 aromatic heterocycles. The van der Waals surface area contributed by atoms with E-state index in [9.17, 15) is 8.42 Å². The molecule has 1 aliphatic heterocycles. The third-order valence-corrected chi connectivity index (χ3v) is 6.75. The average molecular weight is 402 g/mol. The van der Waals surface area contributed by atoms with Gasteiger partial charge >= 0.3 is 0 Å². The van der Waals surface area contributed by atoms with Crippen LogP contribution in [-0.2, 0) is 9.84 Å². The van der Waals surface area contributed by atoms with Gasteiger partial charge in [-0.2, -0.15) is 4.98 Å². The van der Waals surface area contributed by atoms with Gasteiger partial charge in [-0.3, -0.25) is 4.90 Å². The Morgan fingerprint density at radius 1 is 1.18 bits per heavy atom. The molecule has 0 radical (unpaired) electrons. The number of hydrogen-bond donors (Lipinski definition) is 1. The smallest absolute Gasteiger partial charge is 0.227 e. The van der Waals surface area contributed by atoms with Crippen LogP contribution in [0.5, 0.6) is 0 Å². The fourth-order valence-corrected chi connectivity index (χ4v) is 4.47. The van der Waals surface area contributed by atoms with Gasteiger partial charge in [-0.1, -0.05) is 32.1 Å². The van der Waals surface area contributed by atoms with Crippen LogP contribution in [0.4, 0.5) is 11.8 Å². The van der Waals surface area contributed by atoms with Crippen molar-refractivity contribution in [3.63, 3.8) is 0 Å². The van der Waals surface area contributed by atoms with Crippen molar-refractivity contribution in [3.05, 3.63) is 48.7 Å². The minimum atomic E-state index is -3.76. The third-order valence-electron chi connectivity index (χ3n) is 4.96. The van der Waals surface area contributed by atoms with E-state index < -0.39 is 9.84 Å². The maximum Gasteiger partial charge on any atom is 0.227 e. The largest absolute Gasteiger partial charge is 0.382 e. The van der Waals surface area contributed by atoms with Crippen LogP contribution in [0, 0.1) is 0 Å². The standard InChI is InChI=1S/C20H27N5O2S/c1-4-9-24-10-12-25(13-11-24)20-22-14-18(19(21)23-20)28(26,27)17-7-5-16(6-8-17)15(2)3/h4-8,14-15H,1,9-13H2,2-3H3,(H2,21,22,23). The molecule has 2 heterocycles. The van der Waals surface area contributed by atoms with Crippen LogP contribution in [-0.4, -0.2) is 56.0 Å². The summed E-state index contributed by atoms with van der Waals surface area (Å²) in [4.78, 5) is 13.0. The lowest BCUT2D eigenvalue weighted by Crippen LogP contribution is -2.47. The summed E-state index contributed by atoms with van der Waals surface area (Å²) in [5, 5.41) is 0. The zero-order valence-corrected chi connectivity index (χ0v) is 17.2. The van der Waals surface area contributed by atoms with E-state index in [2.05, 4.69) is 35.3 Å². The van der Waals surface area contributed by atoms with Crippen molar-refractivity contribution in [2.45, 2.75) is 29.6 Å². The zero-order chi connectivity index (χ0) is 20.3. The van der Waals surface area contributed by atoms with Crippen molar-refractivity contribution in [3.8, 4) is 0 Å². The minimum Gasteiger partial charge on any atom is -0.382 e. The molecule has 0 bridgehead atoms. The zero-order valence-electron chi connectivity index (χ0n) is 16.4. The van der Waals surface area contributed by atoms with Gasteiger partial charge in [0.25, 0.3) is 0 Å². The molecule has 1 fully saturated rings. The van der Waals surface area contributed by atoms with E-state index in [-0.39, 0.29) is 15.6 Å². The summed E-state index contributed by atoms with van der Waals surface area (Å²) in [5.41, 5.74) is 7.10. The number of hydrogen-bond acceptors (Lipinski definition) is 7. The molecule has 0 aliphatic carbocycles. The second kappa shape index (κ2) is 8.28. The number of rotatable bonds is 6. The van der Waals surface area contributed by atoms with Crippen LogP contribution in [0.1, 0.15) is 25.3 Å². The molecule has 1 aromatic carbocycles. The highest BCUT2D eigenvalue weighted by molar-refractivity contribution is 7.91. The molecular formula is C20H27N5O2S. The number of benzene rings is 1.